The summed E-state index contributed by atoms with van der Waals surface area (Å²) in [6.45, 7) is 1.87. The molecule has 0 saturated carbocycles. The summed E-state index contributed by atoms with van der Waals surface area (Å²) < 4.78 is 10.6. The molecule has 1 aromatic rings. The van der Waals surface area contributed by atoms with Crippen LogP contribution in [0.5, 0.6) is 11.5 Å². The molecule has 1 aromatic carbocycles. The number of ether oxygens (including phenoxy) is 2. The molecule has 144 valence electrons. The van der Waals surface area contributed by atoms with Gasteiger partial charge < -0.3 is 24.8 Å². The third-order valence-electron chi connectivity index (χ3n) is 4.50. The molecule has 2 amide bonds. The largest absolute Gasteiger partial charge is 0.493 e. The van der Waals surface area contributed by atoms with Crippen LogP contribution in [0.3, 0.4) is 0 Å². The van der Waals surface area contributed by atoms with Crippen molar-refractivity contribution in [2.75, 3.05) is 47.5 Å². The molecular weight excluding hydrogens is 338 g/mol. The van der Waals surface area contributed by atoms with Gasteiger partial charge in [0.05, 0.1) is 33.3 Å². The number of hydrogen-bond donors (Lipinski definition) is 2. The highest BCUT2D eigenvalue weighted by molar-refractivity contribution is 5.88. The summed E-state index contributed by atoms with van der Waals surface area (Å²) in [7, 11) is 4.78. The molecule has 8 nitrogen and oxygen atoms in total. The van der Waals surface area contributed by atoms with Crippen LogP contribution in [-0.4, -0.2) is 80.3 Å². The quantitative estimate of drug-likeness (QED) is 0.666. The van der Waals surface area contributed by atoms with Crippen molar-refractivity contribution in [2.45, 2.75) is 19.0 Å². The zero-order chi connectivity index (χ0) is 19.1. The second-order valence-electron chi connectivity index (χ2n) is 6.21. The predicted molar refractivity (Wildman–Crippen MR) is 96.1 cm³/mol. The Morgan fingerprint density at radius 1 is 1.35 bits per heavy atom. The van der Waals surface area contributed by atoms with E-state index >= 15 is 0 Å². The van der Waals surface area contributed by atoms with Crippen LogP contribution in [0.4, 0.5) is 0 Å². The fourth-order valence-corrected chi connectivity index (χ4v) is 2.98. The second-order valence-corrected chi connectivity index (χ2v) is 6.21. The Bertz CT molecular complexity index is 637. The van der Waals surface area contributed by atoms with E-state index in [0.29, 0.717) is 31.1 Å². The number of aliphatic hydroxyl groups is 1. The van der Waals surface area contributed by atoms with E-state index in [2.05, 4.69) is 5.32 Å². The molecule has 1 heterocycles. The molecule has 0 bridgehead atoms. The molecule has 1 fully saturated rings. The number of amides is 2. The third kappa shape index (κ3) is 4.86. The number of carbonyl (C=O) groups is 2. The number of nitrogens with zero attached hydrogens (tertiary/aromatic N) is 2. The van der Waals surface area contributed by atoms with Crippen molar-refractivity contribution < 1.29 is 24.2 Å². The van der Waals surface area contributed by atoms with Crippen LogP contribution in [0, 0.1) is 0 Å². The highest BCUT2D eigenvalue weighted by Crippen LogP contribution is 2.28. The monoisotopic (exact) mass is 365 g/mol. The molecule has 1 saturated heterocycles. The number of aliphatic hydroxyl groups excluding tert-OH is 1. The number of benzene rings is 1. The molecule has 0 aromatic heterocycles. The summed E-state index contributed by atoms with van der Waals surface area (Å²) in [5.74, 6) is 0.952. The molecular formula is C18H27N3O5. The van der Waals surface area contributed by atoms with Crippen LogP contribution in [0.2, 0.25) is 0 Å². The Morgan fingerprint density at radius 3 is 2.73 bits per heavy atom. The van der Waals surface area contributed by atoms with Gasteiger partial charge in [-0.2, -0.15) is 0 Å². The van der Waals surface area contributed by atoms with Gasteiger partial charge in [0.1, 0.15) is 0 Å². The highest BCUT2D eigenvalue weighted by atomic mass is 16.5. The van der Waals surface area contributed by atoms with Gasteiger partial charge in [-0.25, -0.2) is 0 Å². The Labute approximate surface area is 153 Å². The average molecular weight is 365 g/mol. The maximum absolute atomic E-state index is 12.3. The van der Waals surface area contributed by atoms with Crippen LogP contribution in [0.1, 0.15) is 12.0 Å². The number of nitrogens with one attached hydrogen (secondary N) is 1. The van der Waals surface area contributed by atoms with Crippen LogP contribution >= 0.6 is 0 Å². The molecule has 0 radical (unpaired) electrons. The van der Waals surface area contributed by atoms with Crippen molar-refractivity contribution in [2.24, 2.45) is 0 Å². The lowest BCUT2D eigenvalue weighted by Gasteiger charge is -2.35. The molecule has 0 aliphatic carbocycles. The Balaban J connectivity index is 2.12. The van der Waals surface area contributed by atoms with Gasteiger partial charge in [-0.1, -0.05) is 6.07 Å². The lowest BCUT2D eigenvalue weighted by Crippen LogP contribution is -2.56. The average Bonchev–Trinajstić information content (AvgIpc) is 2.64. The van der Waals surface area contributed by atoms with Gasteiger partial charge in [0, 0.05) is 33.2 Å². The minimum absolute atomic E-state index is 0.0790. The van der Waals surface area contributed by atoms with Gasteiger partial charge in [0.2, 0.25) is 11.8 Å². The van der Waals surface area contributed by atoms with E-state index < -0.39 is 6.04 Å². The lowest BCUT2D eigenvalue weighted by molar-refractivity contribution is -0.138. The van der Waals surface area contributed by atoms with Gasteiger partial charge >= 0.3 is 0 Å². The van der Waals surface area contributed by atoms with Gasteiger partial charge in [0.15, 0.2) is 11.5 Å². The molecule has 1 aliphatic heterocycles. The van der Waals surface area contributed by atoms with Crippen molar-refractivity contribution in [3.63, 3.8) is 0 Å². The Hall–Kier alpha value is -2.32. The van der Waals surface area contributed by atoms with Crippen molar-refractivity contribution in [1.82, 2.24) is 15.1 Å². The van der Waals surface area contributed by atoms with Crippen molar-refractivity contribution in [3.8, 4) is 11.5 Å². The van der Waals surface area contributed by atoms with Gasteiger partial charge in [0.25, 0.3) is 0 Å². The summed E-state index contributed by atoms with van der Waals surface area (Å²) in [5.41, 5.74) is 0.971. The lowest BCUT2D eigenvalue weighted by atomic mass is 10.1. The van der Waals surface area contributed by atoms with Crippen molar-refractivity contribution in [1.29, 1.82) is 0 Å². The van der Waals surface area contributed by atoms with E-state index in [1.165, 1.54) is 4.90 Å². The highest BCUT2D eigenvalue weighted by Gasteiger charge is 2.32. The zero-order valence-electron chi connectivity index (χ0n) is 15.5. The first-order valence-electron chi connectivity index (χ1n) is 8.57. The third-order valence-corrected chi connectivity index (χ3v) is 4.50. The summed E-state index contributed by atoms with van der Waals surface area (Å²) in [5, 5.41) is 11.8. The number of piperazine rings is 1. The normalized spacial score (nSPS) is 17.5. The number of likely N-dealkylation sites (N-methyl/N-ethyl adjacent to an activating group) is 1. The molecule has 26 heavy (non-hydrogen) atoms. The number of methoxy groups -OCH3 is 2. The smallest absolute Gasteiger partial charge is 0.237 e. The Kier molecular flexibility index (Phi) is 7.23. The van der Waals surface area contributed by atoms with E-state index in [0.717, 1.165) is 5.56 Å². The first-order chi connectivity index (χ1) is 12.5. The molecule has 1 atom stereocenters. The van der Waals surface area contributed by atoms with Crippen LogP contribution in [0.25, 0.3) is 0 Å². The van der Waals surface area contributed by atoms with E-state index in [-0.39, 0.29) is 31.4 Å². The Morgan fingerprint density at radius 2 is 2.08 bits per heavy atom. The number of rotatable bonds is 8. The van der Waals surface area contributed by atoms with Crippen LogP contribution in [-0.2, 0) is 16.1 Å². The van der Waals surface area contributed by atoms with E-state index in [1.807, 2.05) is 23.1 Å². The van der Waals surface area contributed by atoms with E-state index in [4.69, 9.17) is 14.6 Å². The predicted octanol–water partition coefficient (Wildman–Crippen LogP) is -0.155. The number of hydrogen-bond acceptors (Lipinski definition) is 6. The van der Waals surface area contributed by atoms with Crippen LogP contribution in [0.15, 0.2) is 18.2 Å². The SMILES string of the molecule is COc1ccc(CN2CCNC(=O)[C@H]2CC(=O)N(C)CCO)cc1OC. The van der Waals surface area contributed by atoms with Gasteiger partial charge in [-0.15, -0.1) is 0 Å². The molecule has 2 rings (SSSR count). The van der Waals surface area contributed by atoms with Crippen LogP contribution < -0.4 is 14.8 Å². The minimum atomic E-state index is -0.537. The molecule has 8 heteroatoms. The summed E-state index contributed by atoms with van der Waals surface area (Å²) in [4.78, 5) is 28.0. The summed E-state index contributed by atoms with van der Waals surface area (Å²) in [6, 6.07) is 5.09. The fraction of sp³-hybridized carbons (Fsp3) is 0.556. The topological polar surface area (TPSA) is 91.3 Å². The molecule has 0 unspecified atom stereocenters. The first kappa shape index (κ1) is 20.0. The van der Waals surface area contributed by atoms with E-state index in [9.17, 15) is 9.59 Å². The summed E-state index contributed by atoms with van der Waals surface area (Å²) >= 11 is 0. The number of carbonyl (C=O) groups excluding carboxylic acids is 2. The van der Waals surface area contributed by atoms with Gasteiger partial charge in [-0.3, -0.25) is 14.5 Å². The second kappa shape index (κ2) is 9.40. The van der Waals surface area contributed by atoms with Crippen molar-refractivity contribution in [3.05, 3.63) is 23.8 Å². The maximum Gasteiger partial charge on any atom is 0.237 e. The van der Waals surface area contributed by atoms with E-state index in [1.54, 1.807) is 21.3 Å². The molecule has 0 spiro atoms. The fourth-order valence-electron chi connectivity index (χ4n) is 2.98. The molecule has 1 aliphatic rings. The first-order valence-corrected chi connectivity index (χ1v) is 8.57. The maximum atomic E-state index is 12.3. The zero-order valence-corrected chi connectivity index (χ0v) is 15.5. The van der Waals surface area contributed by atoms with Gasteiger partial charge in [-0.05, 0) is 17.7 Å². The summed E-state index contributed by atoms with van der Waals surface area (Å²) in [6.07, 6.45) is 0.0790. The standard InChI is InChI=1S/C18H27N3O5/c1-20(8-9-22)17(23)11-14-18(24)19-6-7-21(14)12-13-4-5-15(25-2)16(10-13)26-3/h4-5,10,14,22H,6-9,11-12H2,1-3H3,(H,19,24)/t14-/m1/s1. The molecule has 2 N–H and O–H groups in total. The van der Waals surface area contributed by atoms with Crippen molar-refractivity contribution >= 4 is 11.8 Å². The minimum Gasteiger partial charge on any atom is -0.493 e.